The molecule has 1 heterocycles. The Hall–Kier alpha value is -1.23. The van der Waals surface area contributed by atoms with Gasteiger partial charge in [-0.3, -0.25) is 4.79 Å². The Kier molecular flexibility index (Phi) is 6.55. The van der Waals surface area contributed by atoms with E-state index in [1.165, 1.54) is 12.1 Å². The second kappa shape index (κ2) is 8.24. The number of piperidine rings is 1. The molecule has 1 atom stereocenters. The Labute approximate surface area is 148 Å². The number of amides is 1. The van der Waals surface area contributed by atoms with Crippen LogP contribution in [0.3, 0.4) is 0 Å². The van der Waals surface area contributed by atoms with E-state index in [1.807, 2.05) is 0 Å². The third-order valence-electron chi connectivity index (χ3n) is 3.69. The van der Waals surface area contributed by atoms with Gasteiger partial charge in [-0.25, -0.2) is 14.3 Å². The minimum absolute atomic E-state index is 0.00885. The molecule has 0 radical (unpaired) electrons. The van der Waals surface area contributed by atoms with Crippen LogP contribution in [0.4, 0.5) is 4.39 Å². The van der Waals surface area contributed by atoms with Gasteiger partial charge in [-0.15, -0.1) is 0 Å². The van der Waals surface area contributed by atoms with E-state index in [4.69, 9.17) is 9.88 Å². The maximum atomic E-state index is 13.7. The van der Waals surface area contributed by atoms with Crippen molar-refractivity contribution in [1.82, 2.24) is 9.62 Å². The highest BCUT2D eigenvalue weighted by Gasteiger charge is 2.24. The van der Waals surface area contributed by atoms with Crippen molar-refractivity contribution >= 4 is 32.0 Å². The summed E-state index contributed by atoms with van der Waals surface area (Å²) < 4.78 is 43.6. The molecule has 2 rings (SSSR count). The maximum Gasteiger partial charge on any atom is 0.274 e. The van der Waals surface area contributed by atoms with Gasteiger partial charge in [0.1, 0.15) is 0 Å². The summed E-state index contributed by atoms with van der Waals surface area (Å²) in [6.45, 7) is 0.892. The standard InChI is InChI=1S/C14H19BrFN3O4S/c15-11-3-4-13(12(16)6-11)23-9-14(20)19-5-1-2-10(8-19)7-18-24(17,21)22/h3-4,6,10,18H,1-2,5,7-9H2,(H2,17,21,22)/t10-/m0/s1. The van der Waals surface area contributed by atoms with Gasteiger partial charge in [-0.2, -0.15) is 8.42 Å². The van der Waals surface area contributed by atoms with Crippen LogP contribution in [0.1, 0.15) is 12.8 Å². The highest BCUT2D eigenvalue weighted by molar-refractivity contribution is 9.10. The largest absolute Gasteiger partial charge is 0.481 e. The van der Waals surface area contributed by atoms with E-state index in [0.29, 0.717) is 17.6 Å². The first-order valence-electron chi connectivity index (χ1n) is 7.37. The average Bonchev–Trinajstić information content (AvgIpc) is 2.51. The molecule has 3 N–H and O–H groups in total. The second-order valence-corrected chi connectivity index (χ2v) is 7.90. The predicted octanol–water partition coefficient (Wildman–Crippen LogP) is 0.999. The lowest BCUT2D eigenvalue weighted by atomic mass is 9.98. The minimum atomic E-state index is -3.74. The second-order valence-electron chi connectivity index (χ2n) is 5.60. The molecule has 0 spiro atoms. The summed E-state index contributed by atoms with van der Waals surface area (Å²) >= 11 is 3.15. The fourth-order valence-electron chi connectivity index (χ4n) is 2.52. The summed E-state index contributed by atoms with van der Waals surface area (Å²) in [6.07, 6.45) is 1.56. The van der Waals surface area contributed by atoms with Crippen LogP contribution in [-0.2, 0) is 15.0 Å². The normalized spacial score (nSPS) is 18.5. The molecule has 134 valence electrons. The lowest BCUT2D eigenvalue weighted by Gasteiger charge is -2.32. The Morgan fingerprint density at radius 3 is 2.92 bits per heavy atom. The van der Waals surface area contributed by atoms with Crippen LogP contribution in [0.15, 0.2) is 22.7 Å². The first kappa shape index (κ1) is 19.1. The van der Waals surface area contributed by atoms with Crippen molar-refractivity contribution in [2.45, 2.75) is 12.8 Å². The van der Waals surface area contributed by atoms with Gasteiger partial charge in [-0.05, 0) is 37.0 Å². The molecule has 7 nitrogen and oxygen atoms in total. The topological polar surface area (TPSA) is 102 Å². The van der Waals surface area contributed by atoms with Crippen molar-refractivity contribution in [1.29, 1.82) is 0 Å². The number of halogens is 2. The fraction of sp³-hybridized carbons (Fsp3) is 0.500. The lowest BCUT2D eigenvalue weighted by molar-refractivity contribution is -0.135. The van der Waals surface area contributed by atoms with Gasteiger partial charge in [-0.1, -0.05) is 15.9 Å². The van der Waals surface area contributed by atoms with E-state index >= 15 is 0 Å². The molecule has 1 fully saturated rings. The van der Waals surface area contributed by atoms with Gasteiger partial charge >= 0.3 is 0 Å². The maximum absolute atomic E-state index is 13.7. The van der Waals surface area contributed by atoms with E-state index in [-0.39, 0.29) is 30.7 Å². The monoisotopic (exact) mass is 423 g/mol. The molecule has 1 saturated heterocycles. The molecule has 1 aliphatic heterocycles. The van der Waals surface area contributed by atoms with Crippen LogP contribution in [0.5, 0.6) is 5.75 Å². The third kappa shape index (κ3) is 6.00. The van der Waals surface area contributed by atoms with E-state index < -0.39 is 16.0 Å². The van der Waals surface area contributed by atoms with Gasteiger partial charge < -0.3 is 9.64 Å². The van der Waals surface area contributed by atoms with Crippen LogP contribution in [0.2, 0.25) is 0 Å². The Balaban J connectivity index is 1.85. The number of benzene rings is 1. The van der Waals surface area contributed by atoms with E-state index in [9.17, 15) is 17.6 Å². The molecule has 1 amide bonds. The summed E-state index contributed by atoms with van der Waals surface area (Å²) in [4.78, 5) is 13.8. The highest BCUT2D eigenvalue weighted by atomic mass is 79.9. The van der Waals surface area contributed by atoms with Gasteiger partial charge in [0, 0.05) is 24.1 Å². The minimum Gasteiger partial charge on any atom is -0.481 e. The lowest BCUT2D eigenvalue weighted by Crippen LogP contribution is -2.46. The molecule has 24 heavy (non-hydrogen) atoms. The summed E-state index contributed by atoms with van der Waals surface area (Å²) in [5.74, 6) is -0.815. The highest BCUT2D eigenvalue weighted by Crippen LogP contribution is 2.22. The van der Waals surface area contributed by atoms with Crippen molar-refractivity contribution in [2.24, 2.45) is 11.1 Å². The molecular formula is C14H19BrFN3O4S. The number of nitrogens with two attached hydrogens (primary N) is 1. The van der Waals surface area contributed by atoms with Gasteiger partial charge in [0.15, 0.2) is 18.2 Å². The van der Waals surface area contributed by atoms with Gasteiger partial charge in [0.25, 0.3) is 16.1 Å². The number of rotatable bonds is 6. The smallest absolute Gasteiger partial charge is 0.274 e. The van der Waals surface area contributed by atoms with Crippen LogP contribution in [0.25, 0.3) is 0 Å². The average molecular weight is 424 g/mol. The molecule has 1 aromatic carbocycles. The van der Waals surface area contributed by atoms with Crippen molar-refractivity contribution in [3.8, 4) is 5.75 Å². The molecule has 1 aliphatic rings. The Morgan fingerprint density at radius 1 is 1.50 bits per heavy atom. The van der Waals surface area contributed by atoms with Crippen molar-refractivity contribution < 1.29 is 22.3 Å². The summed E-state index contributed by atoms with van der Waals surface area (Å²) in [5.41, 5.74) is 0. The van der Waals surface area contributed by atoms with Gasteiger partial charge in [0.05, 0.1) is 0 Å². The zero-order chi connectivity index (χ0) is 17.7. The number of hydrogen-bond acceptors (Lipinski definition) is 4. The summed E-state index contributed by atoms with van der Waals surface area (Å²) in [6, 6.07) is 4.33. The first-order valence-corrected chi connectivity index (χ1v) is 9.71. The van der Waals surface area contributed by atoms with Crippen LogP contribution in [-0.4, -0.2) is 45.5 Å². The number of likely N-dealkylation sites (tertiary alicyclic amines) is 1. The quantitative estimate of drug-likeness (QED) is 0.712. The molecule has 0 saturated carbocycles. The zero-order valence-corrected chi connectivity index (χ0v) is 15.3. The van der Waals surface area contributed by atoms with E-state index in [2.05, 4.69) is 20.7 Å². The number of hydrogen-bond donors (Lipinski definition) is 2. The molecule has 10 heteroatoms. The Morgan fingerprint density at radius 2 is 2.25 bits per heavy atom. The van der Waals surface area contributed by atoms with Crippen LogP contribution < -0.4 is 14.6 Å². The molecule has 0 unspecified atom stereocenters. The molecule has 1 aromatic rings. The molecule has 0 bridgehead atoms. The number of nitrogens with zero attached hydrogens (tertiary/aromatic N) is 1. The van der Waals surface area contributed by atoms with Gasteiger partial charge in [0.2, 0.25) is 0 Å². The van der Waals surface area contributed by atoms with Crippen LogP contribution in [0, 0.1) is 11.7 Å². The van der Waals surface area contributed by atoms with Crippen molar-refractivity contribution in [3.63, 3.8) is 0 Å². The number of carbonyl (C=O) groups is 1. The third-order valence-corrected chi connectivity index (χ3v) is 4.75. The van der Waals surface area contributed by atoms with E-state index in [0.717, 1.165) is 12.8 Å². The van der Waals surface area contributed by atoms with E-state index in [1.54, 1.807) is 11.0 Å². The summed E-state index contributed by atoms with van der Waals surface area (Å²) in [5, 5.41) is 4.91. The molecular weight excluding hydrogens is 405 g/mol. The van der Waals surface area contributed by atoms with Crippen molar-refractivity contribution in [3.05, 3.63) is 28.5 Å². The van der Waals surface area contributed by atoms with Crippen LogP contribution >= 0.6 is 15.9 Å². The zero-order valence-electron chi connectivity index (χ0n) is 12.9. The van der Waals surface area contributed by atoms with Crippen molar-refractivity contribution in [2.75, 3.05) is 26.2 Å². The Bertz CT molecular complexity index is 701. The molecule has 0 aromatic heterocycles. The first-order chi connectivity index (χ1) is 11.2. The predicted molar refractivity (Wildman–Crippen MR) is 90.0 cm³/mol. The number of ether oxygens (including phenoxy) is 1. The number of nitrogens with one attached hydrogen (secondary N) is 1. The fourth-order valence-corrected chi connectivity index (χ4v) is 3.32. The SMILES string of the molecule is NS(=O)(=O)NC[C@@H]1CCCN(C(=O)COc2ccc(Br)cc2F)C1. The number of carbonyl (C=O) groups excluding carboxylic acids is 1. The summed E-state index contributed by atoms with van der Waals surface area (Å²) in [7, 11) is -3.74. The molecule has 0 aliphatic carbocycles.